The van der Waals surface area contributed by atoms with E-state index in [0.29, 0.717) is 0 Å². The van der Waals surface area contributed by atoms with E-state index in [4.69, 9.17) is 9.57 Å². The highest BCUT2D eigenvalue weighted by molar-refractivity contribution is 5.66. The van der Waals surface area contributed by atoms with Crippen molar-refractivity contribution < 1.29 is 9.57 Å². The molecule has 0 spiro atoms. The largest absolute Gasteiger partial charge is 0.487 e. The van der Waals surface area contributed by atoms with Gasteiger partial charge >= 0.3 is 0 Å². The normalized spacial score (nSPS) is 19.7. The van der Waals surface area contributed by atoms with E-state index in [-0.39, 0.29) is 11.6 Å². The molecule has 0 aromatic heterocycles. The molecule has 1 heterocycles. The average Bonchev–Trinajstić information content (AvgIpc) is 2.47. The summed E-state index contributed by atoms with van der Waals surface area (Å²) < 4.78 is 6.09. The van der Waals surface area contributed by atoms with E-state index in [1.54, 1.807) is 7.11 Å². The lowest BCUT2D eigenvalue weighted by atomic mass is 9.88. The molecule has 0 amide bonds. The van der Waals surface area contributed by atoms with Crippen LogP contribution in [0.2, 0.25) is 0 Å². The van der Waals surface area contributed by atoms with Crippen molar-refractivity contribution in [3.8, 4) is 16.9 Å². The zero-order valence-corrected chi connectivity index (χ0v) is 12.7. The van der Waals surface area contributed by atoms with Gasteiger partial charge in [0.2, 0.25) is 0 Å². The molecular formula is C18H21NO2. The number of ether oxygens (including phenoxy) is 1. The van der Waals surface area contributed by atoms with E-state index in [0.717, 1.165) is 17.7 Å². The molecule has 0 saturated heterocycles. The first-order chi connectivity index (χ1) is 10.1. The van der Waals surface area contributed by atoms with E-state index >= 15 is 0 Å². The summed E-state index contributed by atoms with van der Waals surface area (Å²) in [6.07, 6.45) is 0.867. The molecule has 110 valence electrons. The van der Waals surface area contributed by atoms with Crippen molar-refractivity contribution in [2.24, 2.45) is 0 Å². The monoisotopic (exact) mass is 283 g/mol. The Morgan fingerprint density at radius 3 is 2.57 bits per heavy atom. The minimum absolute atomic E-state index is 0.136. The van der Waals surface area contributed by atoms with E-state index in [2.05, 4.69) is 61.8 Å². The molecule has 0 bridgehead atoms. The maximum atomic E-state index is 6.09. The zero-order chi connectivity index (χ0) is 14.9. The van der Waals surface area contributed by atoms with Crippen molar-refractivity contribution in [2.45, 2.75) is 31.9 Å². The number of hydrogen-bond acceptors (Lipinski definition) is 3. The predicted molar refractivity (Wildman–Crippen MR) is 84.1 cm³/mol. The van der Waals surface area contributed by atoms with Crippen molar-refractivity contribution >= 4 is 0 Å². The van der Waals surface area contributed by atoms with Gasteiger partial charge in [-0.15, -0.1) is 0 Å². The zero-order valence-electron chi connectivity index (χ0n) is 12.7. The molecule has 3 rings (SSSR count). The molecule has 21 heavy (non-hydrogen) atoms. The van der Waals surface area contributed by atoms with Crippen LogP contribution in [0.5, 0.6) is 5.75 Å². The Bertz CT molecular complexity index is 622. The maximum Gasteiger partial charge on any atom is 0.125 e. The molecule has 1 atom stereocenters. The van der Waals surface area contributed by atoms with Gasteiger partial charge in [0.25, 0.3) is 0 Å². The van der Waals surface area contributed by atoms with Crippen molar-refractivity contribution in [3.63, 3.8) is 0 Å². The second kappa shape index (κ2) is 5.51. The van der Waals surface area contributed by atoms with Crippen LogP contribution in [-0.2, 0) is 4.84 Å². The van der Waals surface area contributed by atoms with E-state index in [1.807, 2.05) is 6.07 Å². The lowest BCUT2D eigenvalue weighted by molar-refractivity contribution is 0.00302. The van der Waals surface area contributed by atoms with Crippen molar-refractivity contribution in [3.05, 3.63) is 54.1 Å². The van der Waals surface area contributed by atoms with Crippen molar-refractivity contribution in [2.75, 3.05) is 7.11 Å². The first-order valence-corrected chi connectivity index (χ1v) is 7.26. The van der Waals surface area contributed by atoms with Crippen LogP contribution in [0.1, 0.15) is 31.9 Å². The lowest BCUT2D eigenvalue weighted by Gasteiger charge is -2.37. The smallest absolute Gasteiger partial charge is 0.125 e. The van der Waals surface area contributed by atoms with Gasteiger partial charge in [-0.25, -0.2) is 0 Å². The molecule has 0 radical (unpaired) electrons. The van der Waals surface area contributed by atoms with Crippen LogP contribution < -0.4 is 10.2 Å². The molecule has 3 heteroatoms. The molecule has 2 aromatic rings. The lowest BCUT2D eigenvalue weighted by Crippen LogP contribution is -2.39. The number of fused-ring (bicyclic) bond motifs is 1. The highest BCUT2D eigenvalue weighted by atomic mass is 16.6. The quantitative estimate of drug-likeness (QED) is 0.860. The Balaban J connectivity index is 2.02. The fraction of sp³-hybridized carbons (Fsp3) is 0.333. The Morgan fingerprint density at radius 1 is 1.10 bits per heavy atom. The van der Waals surface area contributed by atoms with Gasteiger partial charge in [-0.1, -0.05) is 36.4 Å². The van der Waals surface area contributed by atoms with Crippen LogP contribution in [0.15, 0.2) is 48.5 Å². The molecule has 1 aliphatic rings. The fourth-order valence-electron chi connectivity index (χ4n) is 2.91. The maximum absolute atomic E-state index is 6.09. The minimum atomic E-state index is -0.197. The second-order valence-corrected chi connectivity index (χ2v) is 6.06. The molecule has 1 unspecified atom stereocenters. The summed E-state index contributed by atoms with van der Waals surface area (Å²) >= 11 is 0. The standard InChI is InChI=1S/C18H21NO2/c1-18(2)12-16(19-20-3)15-11-14(9-10-17(15)21-18)13-7-5-4-6-8-13/h4-11,16,19H,12H2,1-3H3. The summed E-state index contributed by atoms with van der Waals surface area (Å²) in [6.45, 7) is 4.21. The average molecular weight is 283 g/mol. The van der Waals surface area contributed by atoms with Crippen LogP contribution in [-0.4, -0.2) is 12.7 Å². The van der Waals surface area contributed by atoms with Gasteiger partial charge in [-0.2, -0.15) is 5.48 Å². The predicted octanol–water partition coefficient (Wildman–Crippen LogP) is 4.11. The third kappa shape index (κ3) is 2.94. The molecule has 2 aromatic carbocycles. The van der Waals surface area contributed by atoms with E-state index < -0.39 is 0 Å². The van der Waals surface area contributed by atoms with Gasteiger partial charge in [0.1, 0.15) is 11.4 Å². The molecule has 0 saturated carbocycles. The van der Waals surface area contributed by atoms with Crippen LogP contribution in [0, 0.1) is 0 Å². The van der Waals surface area contributed by atoms with Crippen LogP contribution in [0.4, 0.5) is 0 Å². The van der Waals surface area contributed by atoms with Crippen LogP contribution >= 0.6 is 0 Å². The second-order valence-electron chi connectivity index (χ2n) is 6.06. The number of rotatable bonds is 3. The summed E-state index contributed by atoms with van der Waals surface area (Å²) in [5.74, 6) is 0.931. The Morgan fingerprint density at radius 2 is 1.86 bits per heavy atom. The molecular weight excluding hydrogens is 262 g/mol. The minimum Gasteiger partial charge on any atom is -0.487 e. The fourth-order valence-corrected chi connectivity index (χ4v) is 2.91. The van der Waals surface area contributed by atoms with Gasteiger partial charge in [-0.3, -0.25) is 0 Å². The van der Waals surface area contributed by atoms with Crippen molar-refractivity contribution in [1.82, 2.24) is 5.48 Å². The van der Waals surface area contributed by atoms with E-state index in [1.165, 1.54) is 11.1 Å². The highest BCUT2D eigenvalue weighted by Gasteiger charge is 2.33. The molecule has 1 aliphatic heterocycles. The Hall–Kier alpha value is -1.84. The molecule has 0 fully saturated rings. The third-order valence-electron chi connectivity index (χ3n) is 3.83. The highest BCUT2D eigenvalue weighted by Crippen LogP contribution is 2.41. The Kier molecular flexibility index (Phi) is 3.70. The summed E-state index contributed by atoms with van der Waals surface area (Å²) in [5.41, 5.74) is 6.45. The molecule has 1 N–H and O–H groups in total. The van der Waals surface area contributed by atoms with Crippen molar-refractivity contribution in [1.29, 1.82) is 0 Å². The first-order valence-electron chi connectivity index (χ1n) is 7.26. The first kappa shape index (κ1) is 14.1. The number of hydrogen-bond donors (Lipinski definition) is 1. The van der Waals surface area contributed by atoms with Crippen LogP contribution in [0.25, 0.3) is 11.1 Å². The SMILES string of the molecule is CONC1CC(C)(C)Oc2ccc(-c3ccccc3)cc21. The van der Waals surface area contributed by atoms with Crippen LogP contribution in [0.3, 0.4) is 0 Å². The third-order valence-corrected chi connectivity index (χ3v) is 3.83. The topological polar surface area (TPSA) is 30.5 Å². The van der Waals surface area contributed by atoms with Gasteiger partial charge in [-0.05, 0) is 37.1 Å². The summed E-state index contributed by atoms with van der Waals surface area (Å²) in [7, 11) is 1.66. The number of nitrogens with one attached hydrogen (secondary N) is 1. The summed E-state index contributed by atoms with van der Waals surface area (Å²) in [4.78, 5) is 5.17. The number of hydroxylamine groups is 1. The van der Waals surface area contributed by atoms with Gasteiger partial charge < -0.3 is 9.57 Å². The summed E-state index contributed by atoms with van der Waals surface area (Å²) in [5, 5.41) is 0. The van der Waals surface area contributed by atoms with E-state index in [9.17, 15) is 0 Å². The molecule has 3 nitrogen and oxygen atoms in total. The number of benzene rings is 2. The molecule has 0 aliphatic carbocycles. The summed E-state index contributed by atoms with van der Waals surface area (Å²) in [6, 6.07) is 16.9. The van der Waals surface area contributed by atoms with Gasteiger partial charge in [0, 0.05) is 12.0 Å². The van der Waals surface area contributed by atoms with Gasteiger partial charge in [0.05, 0.1) is 13.2 Å². The van der Waals surface area contributed by atoms with Gasteiger partial charge in [0.15, 0.2) is 0 Å². The Labute approximate surface area is 125 Å².